The average molecular weight is 346 g/mol. The van der Waals surface area contributed by atoms with E-state index in [1.165, 1.54) is 0 Å². The van der Waals surface area contributed by atoms with Gasteiger partial charge in [-0.1, -0.05) is 0 Å². The number of aromatic nitrogens is 3. The number of methoxy groups -OCH3 is 2. The Morgan fingerprint density at radius 1 is 1.04 bits per heavy atom. The molecule has 2 heterocycles. The normalized spacial score (nSPS) is 15.4. The smallest absolute Gasteiger partial charge is 0.227 e. The van der Waals surface area contributed by atoms with Crippen LogP contribution in [0, 0.1) is 0 Å². The van der Waals surface area contributed by atoms with E-state index in [1.54, 1.807) is 14.2 Å². The van der Waals surface area contributed by atoms with E-state index in [9.17, 15) is 0 Å². The van der Waals surface area contributed by atoms with Crippen LogP contribution in [-0.4, -0.2) is 48.2 Å². The van der Waals surface area contributed by atoms with Crippen molar-refractivity contribution in [1.29, 1.82) is 0 Å². The van der Waals surface area contributed by atoms with E-state index in [-0.39, 0.29) is 0 Å². The monoisotopic (exact) mass is 346 g/mol. The summed E-state index contributed by atoms with van der Waals surface area (Å²) in [5.74, 6) is 3.35. The molecule has 1 aliphatic rings. The van der Waals surface area contributed by atoms with Crippen LogP contribution in [0.25, 0.3) is 0 Å². The number of hydrogen-bond donors (Lipinski definition) is 0. The summed E-state index contributed by atoms with van der Waals surface area (Å²) in [6, 6.07) is 7.54. The van der Waals surface area contributed by atoms with E-state index in [0.29, 0.717) is 12.7 Å². The minimum atomic E-state index is 0.354. The Hall–Kier alpha value is -2.28. The van der Waals surface area contributed by atoms with Crippen molar-refractivity contribution in [3.63, 3.8) is 0 Å². The van der Waals surface area contributed by atoms with Gasteiger partial charge in [-0.15, -0.1) is 10.2 Å². The van der Waals surface area contributed by atoms with Crippen LogP contribution in [0.15, 0.2) is 24.3 Å². The molecular formula is C18H26N4O3. The zero-order chi connectivity index (χ0) is 17.6. The molecular weight excluding hydrogens is 320 g/mol. The summed E-state index contributed by atoms with van der Waals surface area (Å²) < 4.78 is 18.6. The molecule has 7 heteroatoms. The van der Waals surface area contributed by atoms with Gasteiger partial charge in [0, 0.05) is 26.7 Å². The van der Waals surface area contributed by atoms with Crippen molar-refractivity contribution in [3.05, 3.63) is 30.1 Å². The molecule has 0 aliphatic carbocycles. The first kappa shape index (κ1) is 17.5. The van der Waals surface area contributed by atoms with Gasteiger partial charge in [-0.2, -0.15) is 0 Å². The molecule has 1 aliphatic heterocycles. The lowest BCUT2D eigenvalue weighted by Crippen LogP contribution is -2.38. The van der Waals surface area contributed by atoms with E-state index in [0.717, 1.165) is 55.7 Å². The summed E-state index contributed by atoms with van der Waals surface area (Å²) in [4.78, 5) is 2.28. The van der Waals surface area contributed by atoms with E-state index in [2.05, 4.69) is 26.6 Å². The van der Waals surface area contributed by atoms with Gasteiger partial charge in [-0.05, 0) is 44.0 Å². The maximum atomic E-state index is 5.85. The SMILES string of the molecule is CCn1c(COc2ccc(OC)cc2)nnc1N1CCC(OC)CC1. The maximum absolute atomic E-state index is 5.85. The number of hydrogen-bond acceptors (Lipinski definition) is 6. The van der Waals surface area contributed by atoms with Crippen molar-refractivity contribution >= 4 is 5.95 Å². The molecule has 1 fully saturated rings. The molecule has 136 valence electrons. The number of rotatable bonds is 7. The highest BCUT2D eigenvalue weighted by molar-refractivity contribution is 5.33. The summed E-state index contributed by atoms with van der Waals surface area (Å²) in [6.45, 7) is 5.19. The molecule has 1 aromatic carbocycles. The second-order valence-corrected chi connectivity index (χ2v) is 6.05. The molecule has 0 spiro atoms. The van der Waals surface area contributed by atoms with Crippen LogP contribution in [0.3, 0.4) is 0 Å². The lowest BCUT2D eigenvalue weighted by Gasteiger charge is -2.31. The Balaban J connectivity index is 1.65. The lowest BCUT2D eigenvalue weighted by molar-refractivity contribution is 0.0815. The van der Waals surface area contributed by atoms with Crippen molar-refractivity contribution in [2.45, 2.75) is 39.0 Å². The molecule has 1 aromatic heterocycles. The van der Waals surface area contributed by atoms with Crippen LogP contribution in [-0.2, 0) is 17.9 Å². The van der Waals surface area contributed by atoms with Crippen LogP contribution >= 0.6 is 0 Å². The van der Waals surface area contributed by atoms with Crippen LogP contribution in [0.1, 0.15) is 25.6 Å². The lowest BCUT2D eigenvalue weighted by atomic mass is 10.1. The van der Waals surface area contributed by atoms with E-state index in [1.807, 2.05) is 24.3 Å². The Bertz CT molecular complexity index is 663. The molecule has 7 nitrogen and oxygen atoms in total. The van der Waals surface area contributed by atoms with Gasteiger partial charge in [-0.3, -0.25) is 4.57 Å². The predicted molar refractivity (Wildman–Crippen MR) is 95.3 cm³/mol. The highest BCUT2D eigenvalue weighted by Crippen LogP contribution is 2.22. The molecule has 0 bridgehead atoms. The Kier molecular flexibility index (Phi) is 5.75. The van der Waals surface area contributed by atoms with E-state index < -0.39 is 0 Å². The van der Waals surface area contributed by atoms with Crippen LogP contribution in [0.5, 0.6) is 11.5 Å². The maximum Gasteiger partial charge on any atom is 0.227 e. The third-order valence-electron chi connectivity index (χ3n) is 4.61. The van der Waals surface area contributed by atoms with Gasteiger partial charge in [0.1, 0.15) is 18.1 Å². The zero-order valence-corrected chi connectivity index (χ0v) is 15.1. The molecule has 0 radical (unpaired) electrons. The van der Waals surface area contributed by atoms with Crippen molar-refractivity contribution in [1.82, 2.24) is 14.8 Å². The Labute approximate surface area is 148 Å². The molecule has 2 aromatic rings. The van der Waals surface area contributed by atoms with E-state index >= 15 is 0 Å². The molecule has 3 rings (SSSR count). The first-order chi connectivity index (χ1) is 12.2. The second-order valence-electron chi connectivity index (χ2n) is 6.05. The Morgan fingerprint density at radius 3 is 2.32 bits per heavy atom. The number of ether oxygens (including phenoxy) is 3. The first-order valence-electron chi connectivity index (χ1n) is 8.71. The predicted octanol–water partition coefficient (Wildman–Crippen LogP) is 2.50. The van der Waals surface area contributed by atoms with Crippen LogP contribution in [0.2, 0.25) is 0 Å². The summed E-state index contributed by atoms with van der Waals surface area (Å²) in [7, 11) is 3.43. The van der Waals surface area contributed by atoms with Crippen molar-refractivity contribution in [2.24, 2.45) is 0 Å². The third kappa shape index (κ3) is 4.04. The van der Waals surface area contributed by atoms with Gasteiger partial charge in [0.05, 0.1) is 13.2 Å². The summed E-state index contributed by atoms with van der Waals surface area (Å²) in [5, 5.41) is 8.74. The van der Waals surface area contributed by atoms with Gasteiger partial charge in [-0.25, -0.2) is 0 Å². The zero-order valence-electron chi connectivity index (χ0n) is 15.1. The Morgan fingerprint density at radius 2 is 1.72 bits per heavy atom. The third-order valence-corrected chi connectivity index (χ3v) is 4.61. The molecule has 0 amide bonds. The summed E-state index contributed by atoms with van der Waals surface area (Å²) in [6.07, 6.45) is 2.39. The standard InChI is InChI=1S/C18H26N4O3/c1-4-22-17(13-25-16-7-5-14(23-2)6-8-16)19-20-18(22)21-11-9-15(24-3)10-12-21/h5-8,15H,4,9-13H2,1-3H3. The second kappa shape index (κ2) is 8.20. The van der Waals surface area contributed by atoms with Gasteiger partial charge < -0.3 is 19.1 Å². The minimum absolute atomic E-state index is 0.354. The molecule has 1 saturated heterocycles. The fraction of sp³-hybridized carbons (Fsp3) is 0.556. The minimum Gasteiger partial charge on any atom is -0.497 e. The largest absolute Gasteiger partial charge is 0.497 e. The van der Waals surface area contributed by atoms with Gasteiger partial charge in [0.25, 0.3) is 0 Å². The van der Waals surface area contributed by atoms with Gasteiger partial charge >= 0.3 is 0 Å². The first-order valence-corrected chi connectivity index (χ1v) is 8.71. The van der Waals surface area contributed by atoms with Crippen LogP contribution < -0.4 is 14.4 Å². The van der Waals surface area contributed by atoms with Gasteiger partial charge in [0.15, 0.2) is 5.82 Å². The molecule has 0 unspecified atom stereocenters. The quantitative estimate of drug-likeness (QED) is 0.768. The summed E-state index contributed by atoms with van der Waals surface area (Å²) >= 11 is 0. The molecule has 25 heavy (non-hydrogen) atoms. The van der Waals surface area contributed by atoms with Crippen LogP contribution in [0.4, 0.5) is 5.95 Å². The summed E-state index contributed by atoms with van der Waals surface area (Å²) in [5.41, 5.74) is 0. The van der Waals surface area contributed by atoms with Crippen molar-refractivity contribution in [2.75, 3.05) is 32.2 Å². The fourth-order valence-corrected chi connectivity index (χ4v) is 3.10. The fourth-order valence-electron chi connectivity index (χ4n) is 3.10. The number of benzene rings is 1. The average Bonchev–Trinajstić information content (AvgIpc) is 3.09. The molecule has 0 saturated carbocycles. The molecule has 0 atom stereocenters. The topological polar surface area (TPSA) is 61.6 Å². The van der Waals surface area contributed by atoms with Crippen molar-refractivity contribution < 1.29 is 14.2 Å². The number of nitrogens with zero attached hydrogens (tertiary/aromatic N) is 4. The highest BCUT2D eigenvalue weighted by atomic mass is 16.5. The number of piperidine rings is 1. The van der Waals surface area contributed by atoms with Crippen molar-refractivity contribution in [3.8, 4) is 11.5 Å². The number of anilines is 1. The van der Waals surface area contributed by atoms with Gasteiger partial charge in [0.2, 0.25) is 5.95 Å². The highest BCUT2D eigenvalue weighted by Gasteiger charge is 2.23. The molecule has 0 N–H and O–H groups in total. The van der Waals surface area contributed by atoms with E-state index in [4.69, 9.17) is 14.2 Å².